The highest BCUT2D eigenvalue weighted by Crippen LogP contribution is 2.27. The molecule has 2 heterocycles. The molecule has 3 aromatic rings. The van der Waals surface area contributed by atoms with Crippen LogP contribution in [0.3, 0.4) is 0 Å². The number of nitrogens with one attached hydrogen (secondary N) is 1. The standard InChI is InChI=1S/C22H25N5O/c1-17-16-21(24-19-10-6-7-11-20(19)28-2)25-22(23-17)27-14-12-26(13-15-27)18-8-4-3-5-9-18/h3-11,16H,12-15H2,1-2H3,(H,23,24,25). The highest BCUT2D eigenvalue weighted by molar-refractivity contribution is 5.65. The van der Waals surface area contributed by atoms with Gasteiger partial charge in [0.2, 0.25) is 5.95 Å². The van der Waals surface area contributed by atoms with E-state index in [4.69, 9.17) is 9.72 Å². The fourth-order valence-corrected chi connectivity index (χ4v) is 3.45. The summed E-state index contributed by atoms with van der Waals surface area (Å²) in [5, 5.41) is 3.37. The highest BCUT2D eigenvalue weighted by Gasteiger charge is 2.20. The number of methoxy groups -OCH3 is 1. The first-order chi connectivity index (χ1) is 13.7. The first kappa shape index (κ1) is 18.1. The summed E-state index contributed by atoms with van der Waals surface area (Å²) in [5.41, 5.74) is 3.10. The molecule has 0 aliphatic carbocycles. The van der Waals surface area contributed by atoms with Gasteiger partial charge in [-0.2, -0.15) is 4.98 Å². The average molecular weight is 375 g/mol. The minimum Gasteiger partial charge on any atom is -0.495 e. The van der Waals surface area contributed by atoms with Crippen molar-refractivity contribution in [2.45, 2.75) is 6.92 Å². The van der Waals surface area contributed by atoms with E-state index in [2.05, 4.69) is 50.4 Å². The maximum absolute atomic E-state index is 5.43. The zero-order valence-corrected chi connectivity index (χ0v) is 16.3. The molecule has 0 amide bonds. The Morgan fingerprint density at radius 2 is 1.54 bits per heavy atom. The molecule has 1 fully saturated rings. The van der Waals surface area contributed by atoms with Gasteiger partial charge in [-0.3, -0.25) is 0 Å². The highest BCUT2D eigenvalue weighted by atomic mass is 16.5. The summed E-state index contributed by atoms with van der Waals surface area (Å²) < 4.78 is 5.43. The summed E-state index contributed by atoms with van der Waals surface area (Å²) in [7, 11) is 1.67. The van der Waals surface area contributed by atoms with Crippen LogP contribution in [0.15, 0.2) is 60.7 Å². The molecule has 6 heteroatoms. The van der Waals surface area contributed by atoms with Gasteiger partial charge in [-0.15, -0.1) is 0 Å². The van der Waals surface area contributed by atoms with E-state index in [1.165, 1.54) is 5.69 Å². The molecule has 1 saturated heterocycles. The molecule has 6 nitrogen and oxygen atoms in total. The first-order valence-electron chi connectivity index (χ1n) is 9.53. The molecule has 4 rings (SSSR count). The zero-order valence-electron chi connectivity index (χ0n) is 16.3. The molecule has 1 aliphatic rings. The van der Waals surface area contributed by atoms with Crippen LogP contribution in [0.25, 0.3) is 0 Å². The molecule has 0 saturated carbocycles. The van der Waals surface area contributed by atoms with E-state index >= 15 is 0 Å². The lowest BCUT2D eigenvalue weighted by Gasteiger charge is -2.36. The first-order valence-corrected chi connectivity index (χ1v) is 9.53. The Morgan fingerprint density at radius 3 is 2.29 bits per heavy atom. The number of rotatable bonds is 5. The minimum absolute atomic E-state index is 0.769. The van der Waals surface area contributed by atoms with E-state index in [1.54, 1.807) is 7.11 Å². The topological polar surface area (TPSA) is 53.5 Å². The van der Waals surface area contributed by atoms with Crippen molar-refractivity contribution >= 4 is 23.1 Å². The average Bonchev–Trinajstić information content (AvgIpc) is 2.74. The zero-order chi connectivity index (χ0) is 19.3. The van der Waals surface area contributed by atoms with Crippen molar-refractivity contribution < 1.29 is 4.74 Å². The van der Waals surface area contributed by atoms with E-state index in [1.807, 2.05) is 37.3 Å². The molecule has 1 N–H and O–H groups in total. The summed E-state index contributed by atoms with van der Waals surface area (Å²) in [6.07, 6.45) is 0. The lowest BCUT2D eigenvalue weighted by atomic mass is 10.2. The predicted molar refractivity (Wildman–Crippen MR) is 114 cm³/mol. The third-order valence-electron chi connectivity index (χ3n) is 4.90. The van der Waals surface area contributed by atoms with Crippen LogP contribution in [0.5, 0.6) is 5.75 Å². The van der Waals surface area contributed by atoms with Gasteiger partial charge in [-0.1, -0.05) is 30.3 Å². The van der Waals surface area contributed by atoms with Gasteiger partial charge in [0.15, 0.2) is 0 Å². The molecule has 0 radical (unpaired) electrons. The van der Waals surface area contributed by atoms with Crippen molar-refractivity contribution in [2.75, 3.05) is 48.4 Å². The van der Waals surface area contributed by atoms with Gasteiger partial charge in [-0.05, 0) is 31.2 Å². The van der Waals surface area contributed by atoms with Crippen molar-refractivity contribution in [1.29, 1.82) is 0 Å². The maximum Gasteiger partial charge on any atom is 0.227 e. The van der Waals surface area contributed by atoms with Gasteiger partial charge >= 0.3 is 0 Å². The molecule has 2 aromatic carbocycles. The SMILES string of the molecule is COc1ccccc1Nc1cc(C)nc(N2CCN(c3ccccc3)CC2)n1. The number of benzene rings is 2. The minimum atomic E-state index is 0.769. The maximum atomic E-state index is 5.43. The summed E-state index contributed by atoms with van der Waals surface area (Å²) >= 11 is 0. The molecule has 1 aliphatic heterocycles. The van der Waals surface area contributed by atoms with Gasteiger partial charge in [0.05, 0.1) is 12.8 Å². The number of nitrogens with zero attached hydrogens (tertiary/aromatic N) is 4. The number of hydrogen-bond acceptors (Lipinski definition) is 6. The van der Waals surface area contributed by atoms with Gasteiger partial charge in [0, 0.05) is 43.6 Å². The van der Waals surface area contributed by atoms with Crippen molar-refractivity contribution in [3.63, 3.8) is 0 Å². The lowest BCUT2D eigenvalue weighted by Crippen LogP contribution is -2.47. The molecular weight excluding hydrogens is 350 g/mol. The van der Waals surface area contributed by atoms with Crippen LogP contribution >= 0.6 is 0 Å². The third-order valence-corrected chi connectivity index (χ3v) is 4.90. The Morgan fingerprint density at radius 1 is 0.857 bits per heavy atom. The fourth-order valence-electron chi connectivity index (χ4n) is 3.45. The van der Waals surface area contributed by atoms with Gasteiger partial charge in [0.25, 0.3) is 0 Å². The molecule has 0 unspecified atom stereocenters. The normalized spacial score (nSPS) is 14.1. The Hall–Kier alpha value is -3.28. The molecule has 28 heavy (non-hydrogen) atoms. The van der Waals surface area contributed by atoms with Crippen molar-refractivity contribution in [3.05, 3.63) is 66.4 Å². The smallest absolute Gasteiger partial charge is 0.227 e. The summed E-state index contributed by atoms with van der Waals surface area (Å²) in [6, 6.07) is 20.3. The quantitative estimate of drug-likeness (QED) is 0.731. The van der Waals surface area contributed by atoms with Crippen LogP contribution < -0.4 is 19.9 Å². The summed E-state index contributed by atoms with van der Waals surface area (Å²) in [6.45, 7) is 5.70. The monoisotopic (exact) mass is 375 g/mol. The lowest BCUT2D eigenvalue weighted by molar-refractivity contribution is 0.417. The molecule has 1 aromatic heterocycles. The van der Waals surface area contributed by atoms with Gasteiger partial charge in [-0.25, -0.2) is 4.98 Å². The number of aryl methyl sites for hydroxylation is 1. The number of anilines is 4. The summed E-state index contributed by atoms with van der Waals surface area (Å²) in [4.78, 5) is 14.1. The van der Waals surface area contributed by atoms with E-state index in [-0.39, 0.29) is 0 Å². The third kappa shape index (κ3) is 4.01. The fraction of sp³-hybridized carbons (Fsp3) is 0.273. The number of piperazine rings is 1. The van der Waals surface area contributed by atoms with Crippen LogP contribution in [-0.2, 0) is 0 Å². The second-order valence-corrected chi connectivity index (χ2v) is 6.83. The van der Waals surface area contributed by atoms with Crippen molar-refractivity contribution in [2.24, 2.45) is 0 Å². The van der Waals surface area contributed by atoms with E-state index in [0.717, 1.165) is 55.1 Å². The Kier molecular flexibility index (Phi) is 5.28. The molecule has 144 valence electrons. The van der Waals surface area contributed by atoms with E-state index < -0.39 is 0 Å². The second kappa shape index (κ2) is 8.17. The number of aromatic nitrogens is 2. The van der Waals surface area contributed by atoms with Crippen LogP contribution in [0.2, 0.25) is 0 Å². The largest absolute Gasteiger partial charge is 0.495 e. The predicted octanol–water partition coefficient (Wildman–Crippen LogP) is 3.86. The molecule has 0 bridgehead atoms. The van der Waals surface area contributed by atoms with Crippen molar-refractivity contribution in [1.82, 2.24) is 9.97 Å². The van der Waals surface area contributed by atoms with Gasteiger partial charge < -0.3 is 19.9 Å². The van der Waals surface area contributed by atoms with Crippen LogP contribution in [-0.4, -0.2) is 43.3 Å². The second-order valence-electron chi connectivity index (χ2n) is 6.83. The van der Waals surface area contributed by atoms with Crippen LogP contribution in [0, 0.1) is 6.92 Å². The number of para-hydroxylation sites is 3. The molecule has 0 spiro atoms. The van der Waals surface area contributed by atoms with E-state index in [0.29, 0.717) is 0 Å². The Bertz CT molecular complexity index is 923. The molecular formula is C22H25N5O. The molecule has 0 atom stereocenters. The number of ether oxygens (including phenoxy) is 1. The van der Waals surface area contributed by atoms with Gasteiger partial charge in [0.1, 0.15) is 11.6 Å². The Balaban J connectivity index is 1.49. The number of hydrogen-bond donors (Lipinski definition) is 1. The van der Waals surface area contributed by atoms with Crippen LogP contribution in [0.4, 0.5) is 23.1 Å². The summed E-state index contributed by atoms with van der Waals surface area (Å²) in [5.74, 6) is 2.33. The Labute approximate surface area is 165 Å². The van der Waals surface area contributed by atoms with E-state index in [9.17, 15) is 0 Å². The van der Waals surface area contributed by atoms with Crippen molar-refractivity contribution in [3.8, 4) is 5.75 Å². The van der Waals surface area contributed by atoms with Crippen LogP contribution in [0.1, 0.15) is 5.69 Å².